The molecule has 4 rings (SSSR count). The Labute approximate surface area is 193 Å². The van der Waals surface area contributed by atoms with Gasteiger partial charge in [0, 0.05) is 12.5 Å². The number of likely N-dealkylation sites (tertiary alicyclic amines) is 1. The zero-order chi connectivity index (χ0) is 23.7. The third-order valence-electron chi connectivity index (χ3n) is 6.79. The molecule has 1 heterocycles. The van der Waals surface area contributed by atoms with E-state index in [1.54, 1.807) is 0 Å². The summed E-state index contributed by atoms with van der Waals surface area (Å²) >= 11 is 0. The van der Waals surface area contributed by atoms with Gasteiger partial charge in [-0.2, -0.15) is 0 Å². The minimum absolute atomic E-state index is 0.0767. The van der Waals surface area contributed by atoms with Crippen LogP contribution in [-0.4, -0.2) is 53.2 Å². The first-order valence-corrected chi connectivity index (χ1v) is 11.4. The Morgan fingerprint density at radius 3 is 2.18 bits per heavy atom. The zero-order valence-electron chi connectivity index (χ0n) is 19.2. The molecule has 0 aromatic heterocycles. The van der Waals surface area contributed by atoms with Gasteiger partial charge in [0.15, 0.2) is 0 Å². The highest BCUT2D eigenvalue weighted by Gasteiger charge is 2.42. The number of rotatable bonds is 6. The molecule has 2 aromatic rings. The molecule has 0 spiro atoms. The third-order valence-corrected chi connectivity index (χ3v) is 6.79. The molecule has 2 amide bonds. The predicted molar refractivity (Wildman–Crippen MR) is 124 cm³/mol. The van der Waals surface area contributed by atoms with E-state index in [0.29, 0.717) is 13.0 Å². The van der Waals surface area contributed by atoms with Crippen LogP contribution in [0, 0.1) is 11.8 Å². The van der Waals surface area contributed by atoms with Crippen molar-refractivity contribution in [2.75, 3.05) is 13.2 Å². The van der Waals surface area contributed by atoms with Gasteiger partial charge in [-0.25, -0.2) is 9.59 Å². The van der Waals surface area contributed by atoms with Crippen LogP contribution in [-0.2, 0) is 14.3 Å². The first-order valence-electron chi connectivity index (χ1n) is 11.4. The number of hydrogen-bond acceptors (Lipinski definition) is 4. The summed E-state index contributed by atoms with van der Waals surface area (Å²) in [4.78, 5) is 38.9. The van der Waals surface area contributed by atoms with E-state index in [1.165, 1.54) is 4.90 Å². The SMILES string of the molecule is CC1CCN(C(=O)[C@@H](NC(=O)OCC2c3ccccc3-c3ccccc32)C(C)C)C1C(=O)O. The summed E-state index contributed by atoms with van der Waals surface area (Å²) in [6.07, 6.45) is -0.0543. The van der Waals surface area contributed by atoms with Gasteiger partial charge in [0.05, 0.1) is 0 Å². The van der Waals surface area contributed by atoms with E-state index in [-0.39, 0.29) is 30.3 Å². The third kappa shape index (κ3) is 4.32. The van der Waals surface area contributed by atoms with Gasteiger partial charge >= 0.3 is 12.1 Å². The fraction of sp³-hybridized carbons (Fsp3) is 0.423. The quantitative estimate of drug-likeness (QED) is 0.697. The first kappa shape index (κ1) is 22.8. The maximum Gasteiger partial charge on any atom is 0.407 e. The van der Waals surface area contributed by atoms with Crippen molar-refractivity contribution in [3.8, 4) is 11.1 Å². The van der Waals surface area contributed by atoms with Crippen LogP contribution in [0.15, 0.2) is 48.5 Å². The molecule has 0 radical (unpaired) electrons. The molecule has 2 unspecified atom stereocenters. The largest absolute Gasteiger partial charge is 0.480 e. The standard InChI is InChI=1S/C26H30N2O5/c1-15(2)22(24(29)28-13-12-16(3)23(28)25(30)31)27-26(32)33-14-21-19-10-6-4-8-17(19)18-9-5-7-11-20(18)21/h4-11,15-16,21-23H,12-14H2,1-3H3,(H,27,32)(H,30,31)/t16?,22-,23?/m0/s1. The average molecular weight is 451 g/mol. The molecule has 7 nitrogen and oxygen atoms in total. The molecule has 7 heteroatoms. The summed E-state index contributed by atoms with van der Waals surface area (Å²) in [5.74, 6) is -1.82. The summed E-state index contributed by atoms with van der Waals surface area (Å²) in [5, 5.41) is 12.3. The van der Waals surface area contributed by atoms with E-state index in [4.69, 9.17) is 4.74 Å². The number of carboxylic acid groups (broad SMARTS) is 1. The second kappa shape index (κ2) is 9.25. The molecule has 2 aromatic carbocycles. The minimum atomic E-state index is -1.02. The van der Waals surface area contributed by atoms with Crippen molar-refractivity contribution in [1.29, 1.82) is 0 Å². The number of carbonyl (C=O) groups is 3. The number of amides is 2. The van der Waals surface area contributed by atoms with E-state index in [0.717, 1.165) is 22.3 Å². The van der Waals surface area contributed by atoms with Gasteiger partial charge in [-0.05, 0) is 40.5 Å². The number of ether oxygens (including phenoxy) is 1. The summed E-state index contributed by atoms with van der Waals surface area (Å²) in [7, 11) is 0. The van der Waals surface area contributed by atoms with Gasteiger partial charge < -0.3 is 20.1 Å². The number of nitrogens with zero attached hydrogens (tertiary/aromatic N) is 1. The van der Waals surface area contributed by atoms with Crippen LogP contribution in [0.4, 0.5) is 4.79 Å². The zero-order valence-corrected chi connectivity index (χ0v) is 19.2. The lowest BCUT2D eigenvalue weighted by Gasteiger charge is -2.30. The molecule has 3 atom stereocenters. The smallest absolute Gasteiger partial charge is 0.407 e. The number of fused-ring (bicyclic) bond motifs is 3. The van der Waals surface area contributed by atoms with Gasteiger partial charge in [-0.3, -0.25) is 4.79 Å². The summed E-state index contributed by atoms with van der Waals surface area (Å²) < 4.78 is 5.59. The van der Waals surface area contributed by atoms with Crippen molar-refractivity contribution in [2.24, 2.45) is 11.8 Å². The number of carboxylic acids is 1. The fourth-order valence-electron chi connectivity index (χ4n) is 5.03. The molecular formula is C26H30N2O5. The van der Waals surface area contributed by atoms with Crippen molar-refractivity contribution in [2.45, 2.75) is 45.2 Å². The number of carbonyl (C=O) groups excluding carboxylic acids is 2. The van der Waals surface area contributed by atoms with Crippen molar-refractivity contribution < 1.29 is 24.2 Å². The molecule has 1 saturated heterocycles. The summed E-state index contributed by atoms with van der Waals surface area (Å²) in [5.41, 5.74) is 4.50. The Morgan fingerprint density at radius 1 is 1.06 bits per heavy atom. The second-order valence-corrected chi connectivity index (χ2v) is 9.27. The van der Waals surface area contributed by atoms with Crippen LogP contribution in [0.2, 0.25) is 0 Å². The molecule has 174 valence electrons. The molecular weight excluding hydrogens is 420 g/mol. The molecule has 1 fully saturated rings. The lowest BCUT2D eigenvalue weighted by atomic mass is 9.98. The average Bonchev–Trinajstić information content (AvgIpc) is 3.33. The second-order valence-electron chi connectivity index (χ2n) is 9.27. The minimum Gasteiger partial charge on any atom is -0.480 e. The van der Waals surface area contributed by atoms with Crippen molar-refractivity contribution >= 4 is 18.0 Å². The lowest BCUT2D eigenvalue weighted by molar-refractivity contribution is -0.150. The molecule has 0 bridgehead atoms. The molecule has 1 aliphatic heterocycles. The van der Waals surface area contributed by atoms with Crippen molar-refractivity contribution in [3.05, 3.63) is 59.7 Å². The van der Waals surface area contributed by atoms with Crippen LogP contribution < -0.4 is 5.32 Å². The van der Waals surface area contributed by atoms with Crippen LogP contribution in [0.25, 0.3) is 11.1 Å². The summed E-state index contributed by atoms with van der Waals surface area (Å²) in [6, 6.07) is 14.4. The van der Waals surface area contributed by atoms with Crippen molar-refractivity contribution in [3.63, 3.8) is 0 Å². The Kier molecular flexibility index (Phi) is 6.40. The van der Waals surface area contributed by atoms with E-state index < -0.39 is 24.1 Å². The summed E-state index contributed by atoms with van der Waals surface area (Å²) in [6.45, 7) is 5.99. The Balaban J connectivity index is 1.44. The Bertz CT molecular complexity index is 1020. The van der Waals surface area contributed by atoms with E-state index >= 15 is 0 Å². The lowest BCUT2D eigenvalue weighted by Crippen LogP contribution is -2.54. The van der Waals surface area contributed by atoms with Crippen LogP contribution in [0.1, 0.15) is 44.2 Å². The molecule has 0 saturated carbocycles. The predicted octanol–water partition coefficient (Wildman–Crippen LogP) is 3.87. The maximum absolute atomic E-state index is 13.2. The highest BCUT2D eigenvalue weighted by molar-refractivity contribution is 5.90. The van der Waals surface area contributed by atoms with Gasteiger partial charge in [0.1, 0.15) is 18.7 Å². The highest BCUT2D eigenvalue weighted by atomic mass is 16.5. The monoisotopic (exact) mass is 450 g/mol. The number of aliphatic carboxylic acids is 1. The van der Waals surface area contributed by atoms with Crippen molar-refractivity contribution in [1.82, 2.24) is 10.2 Å². The van der Waals surface area contributed by atoms with Gasteiger partial charge in [0.2, 0.25) is 5.91 Å². The normalized spacial score (nSPS) is 20.3. The number of nitrogens with one attached hydrogen (secondary N) is 1. The highest BCUT2D eigenvalue weighted by Crippen LogP contribution is 2.44. The molecule has 1 aliphatic carbocycles. The first-order chi connectivity index (χ1) is 15.8. The Hall–Kier alpha value is -3.35. The number of benzene rings is 2. The van der Waals surface area contributed by atoms with Crippen LogP contribution in [0.5, 0.6) is 0 Å². The fourth-order valence-corrected chi connectivity index (χ4v) is 5.03. The molecule has 2 N–H and O–H groups in total. The Morgan fingerprint density at radius 2 is 1.64 bits per heavy atom. The topological polar surface area (TPSA) is 95.9 Å². The van der Waals surface area contributed by atoms with E-state index in [2.05, 4.69) is 17.4 Å². The van der Waals surface area contributed by atoms with Crippen LogP contribution in [0.3, 0.4) is 0 Å². The number of alkyl carbamates (subject to hydrolysis) is 1. The number of hydrogen-bond donors (Lipinski definition) is 2. The van der Waals surface area contributed by atoms with Gasteiger partial charge in [0.25, 0.3) is 0 Å². The van der Waals surface area contributed by atoms with E-state index in [9.17, 15) is 19.5 Å². The van der Waals surface area contributed by atoms with Gasteiger partial charge in [-0.15, -0.1) is 0 Å². The van der Waals surface area contributed by atoms with Gasteiger partial charge in [-0.1, -0.05) is 69.3 Å². The van der Waals surface area contributed by atoms with E-state index in [1.807, 2.05) is 57.2 Å². The van der Waals surface area contributed by atoms with Crippen LogP contribution >= 0.6 is 0 Å². The molecule has 33 heavy (non-hydrogen) atoms. The molecule has 2 aliphatic rings. The maximum atomic E-state index is 13.2.